The molecule has 27 heavy (non-hydrogen) atoms. The van der Waals surface area contributed by atoms with Crippen molar-refractivity contribution in [3.63, 3.8) is 0 Å². The first-order chi connectivity index (χ1) is 13.1. The Morgan fingerprint density at radius 2 is 1.96 bits per heavy atom. The Balaban J connectivity index is 1.59. The molecule has 0 spiro atoms. The van der Waals surface area contributed by atoms with Gasteiger partial charge in [0, 0.05) is 5.02 Å². The number of halogens is 2. The number of hydrogen-bond acceptors (Lipinski definition) is 5. The molecule has 2 aromatic carbocycles. The van der Waals surface area contributed by atoms with Gasteiger partial charge in [-0.15, -0.1) is 10.2 Å². The summed E-state index contributed by atoms with van der Waals surface area (Å²) in [6, 6.07) is 16.9. The van der Waals surface area contributed by atoms with Crippen molar-refractivity contribution >= 4 is 34.2 Å². The zero-order valence-corrected chi connectivity index (χ0v) is 16.7. The van der Waals surface area contributed by atoms with Gasteiger partial charge in [-0.05, 0) is 63.7 Å². The summed E-state index contributed by atoms with van der Waals surface area (Å²) in [5.41, 5.74) is 3.26. The molecule has 0 radical (unpaired) electrons. The van der Waals surface area contributed by atoms with Crippen LogP contribution < -0.4 is 0 Å². The van der Waals surface area contributed by atoms with Crippen LogP contribution in [0.25, 0.3) is 17.1 Å². The van der Waals surface area contributed by atoms with Crippen molar-refractivity contribution in [2.75, 3.05) is 0 Å². The Hall–Kier alpha value is -2.77. The lowest BCUT2D eigenvalue weighted by Gasteiger charge is -2.03. The minimum absolute atomic E-state index is 0.470. The van der Waals surface area contributed by atoms with Crippen molar-refractivity contribution < 1.29 is 0 Å². The van der Waals surface area contributed by atoms with Crippen LogP contribution in [-0.4, -0.2) is 30.0 Å². The average Bonchev–Trinajstić information content (AvgIpc) is 3.28. The summed E-state index contributed by atoms with van der Waals surface area (Å²) in [6.07, 6.45) is 1.71. The molecule has 0 amide bonds. The van der Waals surface area contributed by atoms with Gasteiger partial charge in [-0.2, -0.15) is 15.2 Å². The maximum absolute atomic E-state index is 8.87. The molecule has 7 nitrogen and oxygen atoms in total. The molecule has 0 fully saturated rings. The Morgan fingerprint density at radius 1 is 1.15 bits per heavy atom. The van der Waals surface area contributed by atoms with Crippen LogP contribution in [0.15, 0.2) is 54.7 Å². The van der Waals surface area contributed by atoms with Crippen LogP contribution in [0, 0.1) is 15.0 Å². The topological polar surface area (TPSA) is 85.2 Å². The van der Waals surface area contributed by atoms with Crippen molar-refractivity contribution in [3.8, 4) is 23.1 Å². The molecule has 0 bridgehead atoms. The largest absolute Gasteiger partial charge is 0.227 e. The molecule has 2 aromatic heterocycles. The van der Waals surface area contributed by atoms with E-state index in [2.05, 4.69) is 49.2 Å². The zero-order chi connectivity index (χ0) is 18.8. The van der Waals surface area contributed by atoms with Gasteiger partial charge in [0.2, 0.25) is 5.82 Å². The Morgan fingerprint density at radius 3 is 2.70 bits per heavy atom. The molecule has 0 aliphatic rings. The highest BCUT2D eigenvalue weighted by Crippen LogP contribution is 2.25. The van der Waals surface area contributed by atoms with Crippen molar-refractivity contribution in [3.05, 3.63) is 74.6 Å². The summed E-state index contributed by atoms with van der Waals surface area (Å²) in [5, 5.41) is 26.6. The van der Waals surface area contributed by atoms with E-state index in [1.165, 1.54) is 4.80 Å². The van der Waals surface area contributed by atoms with Crippen molar-refractivity contribution in [2.24, 2.45) is 0 Å². The summed E-state index contributed by atoms with van der Waals surface area (Å²) in [6.45, 7) is 0.470. The second-order valence-corrected chi connectivity index (χ2v) is 7.15. The van der Waals surface area contributed by atoms with Gasteiger partial charge >= 0.3 is 0 Å². The summed E-state index contributed by atoms with van der Waals surface area (Å²) >= 11 is 8.28. The van der Waals surface area contributed by atoms with E-state index in [9.17, 15) is 0 Å². The normalized spacial score (nSPS) is 10.7. The predicted octanol–water partition coefficient (Wildman–Crippen LogP) is 3.70. The smallest absolute Gasteiger partial charge is 0.209 e. The Kier molecular flexibility index (Phi) is 4.87. The fourth-order valence-electron chi connectivity index (χ4n) is 2.54. The molecule has 4 aromatic rings. The maximum Gasteiger partial charge on any atom is 0.209 e. The standard InChI is InChI=1S/C18H11ClIN7/c19-14-2-1-3-15(8-14)27-17(20)16(10-22-27)18-23-25-26(24-18)11-13-6-4-12(9-21)5-7-13/h1-8,10H,11H2. The fraction of sp³-hybridized carbons (Fsp3) is 0.0556. The molecule has 0 saturated carbocycles. The van der Waals surface area contributed by atoms with Gasteiger partial charge in [-0.25, -0.2) is 4.68 Å². The van der Waals surface area contributed by atoms with Crippen LogP contribution in [0.3, 0.4) is 0 Å². The molecule has 0 atom stereocenters. The molecule has 0 unspecified atom stereocenters. The van der Waals surface area contributed by atoms with Gasteiger partial charge in [0.25, 0.3) is 0 Å². The number of nitriles is 1. The Bertz CT molecular complexity index is 1140. The third-order valence-electron chi connectivity index (χ3n) is 3.86. The molecule has 0 N–H and O–H groups in total. The van der Waals surface area contributed by atoms with E-state index >= 15 is 0 Å². The van der Waals surface area contributed by atoms with Gasteiger partial charge in [-0.1, -0.05) is 29.8 Å². The van der Waals surface area contributed by atoms with Gasteiger partial charge in [0.1, 0.15) is 3.70 Å². The highest BCUT2D eigenvalue weighted by molar-refractivity contribution is 14.1. The van der Waals surface area contributed by atoms with Gasteiger partial charge in [0.15, 0.2) is 0 Å². The number of rotatable bonds is 4. The van der Waals surface area contributed by atoms with E-state index in [4.69, 9.17) is 16.9 Å². The van der Waals surface area contributed by atoms with E-state index in [0.717, 1.165) is 20.5 Å². The Labute approximate surface area is 173 Å². The lowest BCUT2D eigenvalue weighted by atomic mass is 10.1. The quantitative estimate of drug-likeness (QED) is 0.410. The lowest BCUT2D eigenvalue weighted by Crippen LogP contribution is -2.04. The SMILES string of the molecule is N#Cc1ccc(Cn2nnc(-c3cnn(-c4cccc(Cl)c4)c3I)n2)cc1. The van der Waals surface area contributed by atoms with E-state index < -0.39 is 0 Å². The molecule has 2 heterocycles. The number of aromatic nitrogens is 6. The fourth-order valence-corrected chi connectivity index (χ4v) is 3.51. The average molecular weight is 488 g/mol. The van der Waals surface area contributed by atoms with E-state index in [-0.39, 0.29) is 0 Å². The molecule has 0 aliphatic carbocycles. The summed E-state index contributed by atoms with van der Waals surface area (Å²) < 4.78 is 2.65. The monoisotopic (exact) mass is 487 g/mol. The second-order valence-electron chi connectivity index (χ2n) is 5.69. The third kappa shape index (κ3) is 3.70. The molecule has 0 saturated heterocycles. The van der Waals surface area contributed by atoms with E-state index in [1.54, 1.807) is 23.0 Å². The van der Waals surface area contributed by atoms with E-state index in [0.29, 0.717) is 23.0 Å². The molecule has 132 valence electrons. The molecular weight excluding hydrogens is 477 g/mol. The summed E-state index contributed by atoms with van der Waals surface area (Å²) in [5.74, 6) is 0.501. The lowest BCUT2D eigenvalue weighted by molar-refractivity contribution is 0.573. The first kappa shape index (κ1) is 17.6. The van der Waals surface area contributed by atoms with Gasteiger partial charge in [0.05, 0.1) is 35.6 Å². The van der Waals surface area contributed by atoms with Crippen molar-refractivity contribution in [1.82, 2.24) is 30.0 Å². The zero-order valence-electron chi connectivity index (χ0n) is 13.8. The van der Waals surface area contributed by atoms with Gasteiger partial charge < -0.3 is 0 Å². The summed E-state index contributed by atoms with van der Waals surface area (Å²) in [7, 11) is 0. The van der Waals surface area contributed by atoms with E-state index in [1.807, 2.05) is 36.4 Å². The van der Waals surface area contributed by atoms with Crippen LogP contribution in [-0.2, 0) is 6.54 Å². The third-order valence-corrected chi connectivity index (χ3v) is 5.14. The van der Waals surface area contributed by atoms with Crippen LogP contribution in [0.2, 0.25) is 5.02 Å². The number of hydrogen-bond donors (Lipinski definition) is 0. The first-order valence-electron chi connectivity index (χ1n) is 7.91. The predicted molar refractivity (Wildman–Crippen MR) is 108 cm³/mol. The van der Waals surface area contributed by atoms with Gasteiger partial charge in [-0.3, -0.25) is 0 Å². The number of tetrazole rings is 1. The summed E-state index contributed by atoms with van der Waals surface area (Å²) in [4.78, 5) is 1.52. The van der Waals surface area contributed by atoms with Crippen LogP contribution in [0.1, 0.15) is 11.1 Å². The minimum atomic E-state index is 0.470. The highest BCUT2D eigenvalue weighted by Gasteiger charge is 2.16. The molecule has 9 heteroatoms. The van der Waals surface area contributed by atoms with Crippen LogP contribution in [0.5, 0.6) is 0 Å². The molecule has 0 aliphatic heterocycles. The maximum atomic E-state index is 8.87. The van der Waals surface area contributed by atoms with Crippen molar-refractivity contribution in [1.29, 1.82) is 5.26 Å². The second kappa shape index (κ2) is 7.46. The highest BCUT2D eigenvalue weighted by atomic mass is 127. The van der Waals surface area contributed by atoms with Crippen molar-refractivity contribution in [2.45, 2.75) is 6.54 Å². The molecule has 4 rings (SSSR count). The van der Waals surface area contributed by atoms with Crippen LogP contribution >= 0.6 is 34.2 Å². The van der Waals surface area contributed by atoms with Crippen LogP contribution in [0.4, 0.5) is 0 Å². The minimum Gasteiger partial charge on any atom is -0.227 e. The number of benzene rings is 2. The molecular formula is C18H11ClIN7. The first-order valence-corrected chi connectivity index (χ1v) is 9.36. The number of nitrogens with zero attached hydrogens (tertiary/aromatic N) is 7.